The number of likely N-dealkylation sites (tertiary alicyclic amines) is 1. The molecule has 1 heterocycles. The maximum Gasteiger partial charge on any atom is 0.328 e. The highest BCUT2D eigenvalue weighted by Gasteiger charge is 2.30. The Balaban J connectivity index is 1.72. The summed E-state index contributed by atoms with van der Waals surface area (Å²) in [5.74, 6) is -1.03. The maximum atomic E-state index is 13.2. The molecule has 1 saturated heterocycles. The number of hydrogen-bond donors (Lipinski definition) is 2. The highest BCUT2D eigenvalue weighted by molar-refractivity contribution is 6.17. The fraction of sp³-hybridized carbons (Fsp3) is 0.276. The quantitative estimate of drug-likeness (QED) is 0.447. The smallest absolute Gasteiger partial charge is 0.328 e. The average molecular weight is 470 g/mol. The van der Waals surface area contributed by atoms with Crippen molar-refractivity contribution in [1.29, 1.82) is 0 Å². The largest absolute Gasteiger partial charge is 0.480 e. The van der Waals surface area contributed by atoms with Crippen LogP contribution in [0, 0.1) is 0 Å². The number of likely N-dealkylation sites (N-methyl/N-ethyl adjacent to an activating group) is 1. The number of hydrogen-bond acceptors (Lipinski definition) is 4. The second kappa shape index (κ2) is 11.6. The molecular weight excluding hydrogens is 438 g/mol. The Hall–Kier alpha value is -3.77. The van der Waals surface area contributed by atoms with Gasteiger partial charge in [0.2, 0.25) is 5.91 Å². The molecule has 6 nitrogen and oxygen atoms in total. The summed E-state index contributed by atoms with van der Waals surface area (Å²) in [6, 6.07) is 25.4. The molecule has 3 aromatic rings. The van der Waals surface area contributed by atoms with Crippen LogP contribution in [0.5, 0.6) is 0 Å². The summed E-state index contributed by atoms with van der Waals surface area (Å²) < 4.78 is 0. The van der Waals surface area contributed by atoms with Crippen LogP contribution in [0.1, 0.15) is 36.5 Å². The lowest BCUT2D eigenvalue weighted by Crippen LogP contribution is -2.39. The zero-order valence-corrected chi connectivity index (χ0v) is 19.9. The number of amides is 1. The molecule has 2 atom stereocenters. The molecule has 0 aliphatic carbocycles. The summed E-state index contributed by atoms with van der Waals surface area (Å²) >= 11 is 0. The standard InChI is InChI=1S/C29H31N3O3/c1-2-32-19-11-18-26(32)28(33)31-24-17-10-9-16-23(24)27(22-14-7-4-8-15-22)30-25(29(34)35)20-21-12-5-3-6-13-21/h3-10,12-17,25-26H,2,11,18-20H2,1H3,(H,31,33)(H,34,35)/t25-,26-/m0/s1. The van der Waals surface area contributed by atoms with Crippen LogP contribution in [0.2, 0.25) is 0 Å². The van der Waals surface area contributed by atoms with Crippen LogP contribution < -0.4 is 5.32 Å². The average Bonchev–Trinajstić information content (AvgIpc) is 3.37. The third kappa shape index (κ3) is 6.03. The number of nitrogens with zero attached hydrogens (tertiary/aromatic N) is 2. The second-order valence-corrected chi connectivity index (χ2v) is 8.71. The van der Waals surface area contributed by atoms with E-state index in [0.29, 0.717) is 17.0 Å². The number of carboxylic acid groups (broad SMARTS) is 1. The predicted octanol–water partition coefficient (Wildman–Crippen LogP) is 4.64. The van der Waals surface area contributed by atoms with Gasteiger partial charge in [-0.3, -0.25) is 14.7 Å². The molecule has 1 amide bonds. The molecule has 2 N–H and O–H groups in total. The molecule has 0 radical (unpaired) electrons. The van der Waals surface area contributed by atoms with Gasteiger partial charge in [0.15, 0.2) is 6.04 Å². The van der Waals surface area contributed by atoms with Crippen LogP contribution in [-0.4, -0.2) is 52.8 Å². The number of carbonyl (C=O) groups is 2. The van der Waals surface area contributed by atoms with Crippen molar-refractivity contribution in [3.05, 3.63) is 102 Å². The number of carbonyl (C=O) groups excluding carboxylic acids is 1. The Bertz CT molecular complexity index is 1180. The normalized spacial score (nSPS) is 17.2. The van der Waals surface area contributed by atoms with Gasteiger partial charge in [0.1, 0.15) is 0 Å². The number of nitrogens with one attached hydrogen (secondary N) is 1. The van der Waals surface area contributed by atoms with Crippen LogP contribution in [0.25, 0.3) is 0 Å². The van der Waals surface area contributed by atoms with Crippen molar-refractivity contribution in [2.45, 2.75) is 38.3 Å². The zero-order chi connectivity index (χ0) is 24.6. The Kier molecular flexibility index (Phi) is 8.06. The molecule has 1 aliphatic heterocycles. The van der Waals surface area contributed by atoms with Crippen molar-refractivity contribution in [2.75, 3.05) is 18.4 Å². The Morgan fingerprint density at radius 3 is 2.34 bits per heavy atom. The highest BCUT2D eigenvalue weighted by atomic mass is 16.4. The third-order valence-corrected chi connectivity index (χ3v) is 6.40. The van der Waals surface area contributed by atoms with E-state index in [1.54, 1.807) is 0 Å². The van der Waals surface area contributed by atoms with Gasteiger partial charge in [-0.05, 0) is 37.6 Å². The van der Waals surface area contributed by atoms with Crippen LogP contribution >= 0.6 is 0 Å². The first-order valence-electron chi connectivity index (χ1n) is 12.1. The van der Waals surface area contributed by atoms with E-state index in [1.165, 1.54) is 0 Å². The van der Waals surface area contributed by atoms with E-state index in [-0.39, 0.29) is 18.4 Å². The third-order valence-electron chi connectivity index (χ3n) is 6.40. The lowest BCUT2D eigenvalue weighted by molar-refractivity contribution is -0.138. The van der Waals surface area contributed by atoms with E-state index in [1.807, 2.05) is 84.9 Å². The molecule has 0 unspecified atom stereocenters. The summed E-state index contributed by atoms with van der Waals surface area (Å²) in [6.45, 7) is 3.82. The van der Waals surface area contributed by atoms with E-state index in [0.717, 1.165) is 37.1 Å². The topological polar surface area (TPSA) is 82.0 Å². The minimum absolute atomic E-state index is 0.0386. The lowest BCUT2D eigenvalue weighted by Gasteiger charge is -2.23. The molecule has 0 saturated carbocycles. The lowest BCUT2D eigenvalue weighted by atomic mass is 9.99. The van der Waals surface area contributed by atoms with Gasteiger partial charge in [-0.25, -0.2) is 4.79 Å². The van der Waals surface area contributed by atoms with Crippen molar-refractivity contribution < 1.29 is 14.7 Å². The van der Waals surface area contributed by atoms with E-state index in [4.69, 9.17) is 4.99 Å². The Labute approximate surface area is 206 Å². The molecule has 0 spiro atoms. The number of aliphatic carboxylic acids is 1. The fourth-order valence-corrected chi connectivity index (χ4v) is 4.59. The van der Waals surface area contributed by atoms with Gasteiger partial charge in [-0.1, -0.05) is 85.8 Å². The van der Waals surface area contributed by atoms with E-state index >= 15 is 0 Å². The number of para-hydroxylation sites is 1. The highest BCUT2D eigenvalue weighted by Crippen LogP contribution is 2.24. The number of benzene rings is 3. The maximum absolute atomic E-state index is 13.2. The molecule has 180 valence electrons. The van der Waals surface area contributed by atoms with Crippen molar-refractivity contribution >= 4 is 23.3 Å². The molecule has 6 heteroatoms. The Morgan fingerprint density at radius 2 is 1.66 bits per heavy atom. The van der Waals surface area contributed by atoms with Gasteiger partial charge in [0.25, 0.3) is 0 Å². The molecule has 35 heavy (non-hydrogen) atoms. The van der Waals surface area contributed by atoms with Gasteiger partial charge in [0, 0.05) is 17.5 Å². The molecular formula is C29H31N3O3. The minimum atomic E-state index is -0.992. The first kappa shape index (κ1) is 24.4. The van der Waals surface area contributed by atoms with E-state index in [9.17, 15) is 14.7 Å². The first-order valence-corrected chi connectivity index (χ1v) is 12.1. The van der Waals surface area contributed by atoms with Crippen molar-refractivity contribution in [1.82, 2.24) is 4.90 Å². The molecule has 0 aromatic heterocycles. The summed E-state index contributed by atoms with van der Waals surface area (Å²) in [7, 11) is 0. The van der Waals surface area contributed by atoms with Gasteiger partial charge < -0.3 is 10.4 Å². The minimum Gasteiger partial charge on any atom is -0.480 e. The number of carboxylic acids is 1. The number of aliphatic imine (C=N–C) groups is 1. The molecule has 4 rings (SSSR count). The first-order chi connectivity index (χ1) is 17.1. The number of anilines is 1. The summed E-state index contributed by atoms with van der Waals surface area (Å²) in [5, 5.41) is 13.1. The van der Waals surface area contributed by atoms with Crippen LogP contribution in [-0.2, 0) is 16.0 Å². The van der Waals surface area contributed by atoms with Gasteiger partial charge in [-0.15, -0.1) is 0 Å². The van der Waals surface area contributed by atoms with Crippen LogP contribution in [0.15, 0.2) is 89.9 Å². The zero-order valence-electron chi connectivity index (χ0n) is 19.9. The predicted molar refractivity (Wildman–Crippen MR) is 139 cm³/mol. The number of rotatable bonds is 9. The molecule has 1 aliphatic rings. The van der Waals surface area contributed by atoms with Gasteiger partial charge in [-0.2, -0.15) is 0 Å². The Morgan fingerprint density at radius 1 is 1.00 bits per heavy atom. The van der Waals surface area contributed by atoms with Crippen molar-refractivity contribution in [3.63, 3.8) is 0 Å². The monoisotopic (exact) mass is 469 g/mol. The van der Waals surface area contributed by atoms with Crippen molar-refractivity contribution in [2.24, 2.45) is 4.99 Å². The molecule has 0 bridgehead atoms. The van der Waals surface area contributed by atoms with Crippen molar-refractivity contribution in [3.8, 4) is 0 Å². The second-order valence-electron chi connectivity index (χ2n) is 8.71. The van der Waals surface area contributed by atoms with Crippen LogP contribution in [0.3, 0.4) is 0 Å². The van der Waals surface area contributed by atoms with E-state index < -0.39 is 12.0 Å². The summed E-state index contributed by atoms with van der Waals surface area (Å²) in [6.07, 6.45) is 2.11. The fourth-order valence-electron chi connectivity index (χ4n) is 4.59. The SMILES string of the molecule is CCN1CCC[C@H]1C(=O)Nc1ccccc1C(=N[C@@H](Cc1ccccc1)C(=O)O)c1ccccc1. The summed E-state index contributed by atoms with van der Waals surface area (Å²) in [5.41, 5.74) is 3.58. The molecule has 3 aromatic carbocycles. The summed E-state index contributed by atoms with van der Waals surface area (Å²) in [4.78, 5) is 32.4. The van der Waals surface area contributed by atoms with Gasteiger partial charge >= 0.3 is 5.97 Å². The van der Waals surface area contributed by atoms with E-state index in [2.05, 4.69) is 17.1 Å². The molecule has 1 fully saturated rings. The van der Waals surface area contributed by atoms with Gasteiger partial charge in [0.05, 0.1) is 17.4 Å². The van der Waals surface area contributed by atoms with Crippen LogP contribution in [0.4, 0.5) is 5.69 Å².